The van der Waals surface area contributed by atoms with Crippen LogP contribution in [0.25, 0.3) is 0 Å². The summed E-state index contributed by atoms with van der Waals surface area (Å²) in [6.45, 7) is 6.56. The number of alkyl halides is 3. The van der Waals surface area contributed by atoms with Gasteiger partial charge in [-0.15, -0.1) is 0 Å². The molecule has 0 saturated heterocycles. The van der Waals surface area contributed by atoms with E-state index in [2.05, 4.69) is 62.9 Å². The zero-order valence-corrected chi connectivity index (χ0v) is 13.5. The molecule has 1 rings (SSSR count). The number of aliphatic carboxylic acids is 1. The zero-order valence-electron chi connectivity index (χ0n) is 12.7. The van der Waals surface area contributed by atoms with Crippen molar-refractivity contribution in [3.05, 3.63) is 24.3 Å². The zero-order chi connectivity index (χ0) is 16.8. The van der Waals surface area contributed by atoms with Crippen molar-refractivity contribution in [3.8, 4) is 0 Å². The maximum atomic E-state index is 10.6. The molecule has 120 valence electrons. The molecule has 21 heavy (non-hydrogen) atoms. The minimum absolute atomic E-state index is 0.134. The molecule has 0 spiro atoms. The van der Waals surface area contributed by atoms with Gasteiger partial charge in [-0.3, -0.25) is 0 Å². The summed E-state index contributed by atoms with van der Waals surface area (Å²) in [5.41, 5.74) is 1.41. The van der Waals surface area contributed by atoms with Gasteiger partial charge in [0.25, 0.3) is 0 Å². The second kappa shape index (κ2) is 7.59. The van der Waals surface area contributed by atoms with E-state index in [1.165, 1.54) is 10.6 Å². The molecular formula is C14H21F3NO2S+. The fourth-order valence-corrected chi connectivity index (χ4v) is 2.24. The van der Waals surface area contributed by atoms with Crippen LogP contribution >= 0.6 is 0 Å². The molecule has 0 radical (unpaired) electrons. The number of halogens is 3. The number of para-hydroxylation sites is 1. The standard InChI is InChI=1S/C12H20NS.C2HF3O2/c1-12(2,3)13-10-8-6-7-9-11(10)14(4)5;3-2(4,5)1(6)7/h6-9,13H,1-5H3;(H,6,7)/q+1;. The van der Waals surface area contributed by atoms with Crippen molar-refractivity contribution in [1.29, 1.82) is 0 Å². The number of hydrogen-bond donors (Lipinski definition) is 2. The number of carboxylic acid groups (broad SMARTS) is 1. The highest BCUT2D eigenvalue weighted by molar-refractivity contribution is 7.95. The lowest BCUT2D eigenvalue weighted by molar-refractivity contribution is -0.192. The van der Waals surface area contributed by atoms with Crippen LogP contribution in [0.15, 0.2) is 29.2 Å². The molecule has 3 nitrogen and oxygen atoms in total. The number of anilines is 1. The third kappa shape index (κ3) is 8.49. The van der Waals surface area contributed by atoms with Crippen LogP contribution in [0, 0.1) is 0 Å². The number of hydrogen-bond acceptors (Lipinski definition) is 2. The Balaban J connectivity index is 0.000000486. The Morgan fingerprint density at radius 2 is 1.57 bits per heavy atom. The highest BCUT2D eigenvalue weighted by Gasteiger charge is 2.38. The van der Waals surface area contributed by atoms with E-state index in [1.807, 2.05) is 0 Å². The summed E-state index contributed by atoms with van der Waals surface area (Å²) in [4.78, 5) is 10.3. The molecule has 0 amide bonds. The van der Waals surface area contributed by atoms with Gasteiger partial charge >= 0.3 is 12.1 Å². The van der Waals surface area contributed by atoms with Gasteiger partial charge < -0.3 is 10.4 Å². The third-order valence-electron chi connectivity index (χ3n) is 2.08. The van der Waals surface area contributed by atoms with Crippen LogP contribution in [0.2, 0.25) is 0 Å². The fraction of sp³-hybridized carbons (Fsp3) is 0.500. The summed E-state index contributed by atoms with van der Waals surface area (Å²) in [6, 6.07) is 8.56. The number of carbonyl (C=O) groups is 1. The Morgan fingerprint density at radius 3 is 1.90 bits per heavy atom. The molecule has 7 heteroatoms. The first-order valence-corrected chi connectivity index (χ1v) is 8.13. The summed E-state index contributed by atoms with van der Waals surface area (Å²) >= 11 is 0. The van der Waals surface area contributed by atoms with Gasteiger partial charge in [-0.05, 0) is 32.9 Å². The molecule has 1 aromatic rings. The van der Waals surface area contributed by atoms with Gasteiger partial charge in [0.2, 0.25) is 0 Å². The Kier molecular flexibility index (Phi) is 7.09. The molecular weight excluding hydrogens is 303 g/mol. The third-order valence-corrected chi connectivity index (χ3v) is 3.31. The number of benzene rings is 1. The van der Waals surface area contributed by atoms with Gasteiger partial charge in [0.15, 0.2) is 4.90 Å². The molecule has 0 aromatic heterocycles. The molecule has 0 heterocycles. The second-order valence-electron chi connectivity index (χ2n) is 5.49. The molecule has 0 bridgehead atoms. The van der Waals surface area contributed by atoms with Crippen molar-refractivity contribution in [1.82, 2.24) is 0 Å². The van der Waals surface area contributed by atoms with E-state index in [0.717, 1.165) is 0 Å². The van der Waals surface area contributed by atoms with Crippen LogP contribution in [-0.2, 0) is 15.7 Å². The van der Waals surface area contributed by atoms with Crippen LogP contribution in [0.5, 0.6) is 0 Å². The van der Waals surface area contributed by atoms with E-state index in [-0.39, 0.29) is 5.54 Å². The quantitative estimate of drug-likeness (QED) is 0.814. The van der Waals surface area contributed by atoms with Crippen molar-refractivity contribution in [3.63, 3.8) is 0 Å². The SMILES string of the molecule is C[S+](C)c1ccccc1NC(C)(C)C.O=C(O)C(F)(F)F. The maximum Gasteiger partial charge on any atom is 0.490 e. The fourth-order valence-electron chi connectivity index (χ4n) is 1.33. The van der Waals surface area contributed by atoms with Gasteiger partial charge in [0, 0.05) is 16.4 Å². The van der Waals surface area contributed by atoms with E-state index in [4.69, 9.17) is 9.90 Å². The van der Waals surface area contributed by atoms with Crippen LogP contribution in [-0.4, -0.2) is 35.3 Å². The average molecular weight is 324 g/mol. The first-order chi connectivity index (χ1) is 9.34. The van der Waals surface area contributed by atoms with Gasteiger partial charge in [0.1, 0.15) is 12.5 Å². The number of carboxylic acids is 1. The Hall–Kier alpha value is -1.37. The molecule has 0 aliphatic carbocycles. The first-order valence-electron chi connectivity index (χ1n) is 6.09. The van der Waals surface area contributed by atoms with Crippen molar-refractivity contribution in [2.24, 2.45) is 0 Å². The van der Waals surface area contributed by atoms with Gasteiger partial charge in [-0.1, -0.05) is 12.1 Å². The van der Waals surface area contributed by atoms with Crippen LogP contribution < -0.4 is 5.32 Å². The van der Waals surface area contributed by atoms with Crippen molar-refractivity contribution in [2.75, 3.05) is 17.8 Å². The lowest BCUT2D eigenvalue weighted by Crippen LogP contribution is -2.27. The van der Waals surface area contributed by atoms with Crippen LogP contribution in [0.3, 0.4) is 0 Å². The molecule has 0 atom stereocenters. The number of nitrogens with one attached hydrogen (secondary N) is 1. The van der Waals surface area contributed by atoms with E-state index in [9.17, 15) is 13.2 Å². The first kappa shape index (κ1) is 19.6. The Labute approximate surface area is 125 Å². The molecule has 0 unspecified atom stereocenters. The van der Waals surface area contributed by atoms with Crippen LogP contribution in [0.1, 0.15) is 20.8 Å². The van der Waals surface area contributed by atoms with Crippen LogP contribution in [0.4, 0.5) is 18.9 Å². The summed E-state index contributed by atoms with van der Waals surface area (Å²) in [5, 5.41) is 10.7. The van der Waals surface area contributed by atoms with Crippen molar-refractivity contribution < 1.29 is 23.1 Å². The molecule has 1 aromatic carbocycles. The lowest BCUT2D eigenvalue weighted by Gasteiger charge is -2.22. The maximum absolute atomic E-state index is 10.6. The van der Waals surface area contributed by atoms with E-state index >= 15 is 0 Å². The minimum Gasteiger partial charge on any atom is -0.475 e. The molecule has 0 aliphatic rings. The molecule has 2 N–H and O–H groups in total. The van der Waals surface area contributed by atoms with Gasteiger partial charge in [-0.2, -0.15) is 13.2 Å². The van der Waals surface area contributed by atoms with E-state index < -0.39 is 12.1 Å². The highest BCUT2D eigenvalue weighted by Crippen LogP contribution is 2.23. The van der Waals surface area contributed by atoms with Crippen molar-refractivity contribution in [2.45, 2.75) is 37.4 Å². The molecule has 0 aliphatic heterocycles. The van der Waals surface area contributed by atoms with Gasteiger partial charge in [0.05, 0.1) is 5.69 Å². The summed E-state index contributed by atoms with van der Waals surface area (Å²) < 4.78 is 31.7. The summed E-state index contributed by atoms with van der Waals surface area (Å²) in [7, 11) is 0.312. The minimum atomic E-state index is -5.08. The van der Waals surface area contributed by atoms with Crippen molar-refractivity contribution >= 4 is 22.6 Å². The summed E-state index contributed by atoms with van der Waals surface area (Å²) in [6.07, 6.45) is -0.577. The Morgan fingerprint density at radius 1 is 1.14 bits per heavy atom. The topological polar surface area (TPSA) is 49.3 Å². The normalized spacial score (nSPS) is 11.7. The predicted octanol–water partition coefficient (Wildman–Crippen LogP) is 3.77. The Bertz CT molecular complexity index is 468. The van der Waals surface area contributed by atoms with E-state index in [1.54, 1.807) is 0 Å². The van der Waals surface area contributed by atoms with E-state index in [0.29, 0.717) is 10.9 Å². The van der Waals surface area contributed by atoms with Gasteiger partial charge in [-0.25, -0.2) is 4.79 Å². The predicted molar refractivity (Wildman–Crippen MR) is 81.0 cm³/mol. The largest absolute Gasteiger partial charge is 0.490 e. The lowest BCUT2D eigenvalue weighted by atomic mass is 10.1. The molecule has 0 fully saturated rings. The summed E-state index contributed by atoms with van der Waals surface area (Å²) in [5.74, 6) is -2.76. The second-order valence-corrected chi connectivity index (χ2v) is 7.56. The highest BCUT2D eigenvalue weighted by atomic mass is 32.2. The number of rotatable bonds is 2. The smallest absolute Gasteiger partial charge is 0.475 e. The monoisotopic (exact) mass is 324 g/mol. The molecule has 0 saturated carbocycles. The average Bonchev–Trinajstić information content (AvgIpc) is 2.26.